The molecule has 1 aromatic carbocycles. The van der Waals surface area contributed by atoms with E-state index in [1.165, 1.54) is 6.07 Å². The molecule has 0 saturated heterocycles. The lowest BCUT2D eigenvalue weighted by Gasteiger charge is -2.21. The number of phenolic OH excluding ortho intramolecular Hbond substituents is 1. The van der Waals surface area contributed by atoms with Crippen LogP contribution >= 0.6 is 0 Å². The van der Waals surface area contributed by atoms with Crippen LogP contribution in [0.25, 0.3) is 0 Å². The fourth-order valence-electron chi connectivity index (χ4n) is 1.76. The standard InChI is InChI=1S/C16H23NO5/c1-15(2,3)22-14(21)17-11-7-6-10(12(18)8-11)9-16(4,5)13(19)20/h6-8,18H,9H2,1-5H3,(H,17,21)(H,19,20). The number of carboxylic acids is 1. The second-order valence-corrected chi connectivity index (χ2v) is 6.84. The Hall–Kier alpha value is -2.24. The van der Waals surface area contributed by atoms with Gasteiger partial charge in [-0.3, -0.25) is 10.1 Å². The van der Waals surface area contributed by atoms with Crippen LogP contribution in [0.5, 0.6) is 5.75 Å². The smallest absolute Gasteiger partial charge is 0.412 e. The van der Waals surface area contributed by atoms with E-state index in [1.54, 1.807) is 46.8 Å². The Morgan fingerprint density at radius 2 is 1.77 bits per heavy atom. The molecule has 3 N–H and O–H groups in total. The number of carboxylic acid groups (broad SMARTS) is 1. The predicted molar refractivity (Wildman–Crippen MR) is 83.1 cm³/mol. The van der Waals surface area contributed by atoms with Gasteiger partial charge in [-0.25, -0.2) is 4.79 Å². The molecular weight excluding hydrogens is 286 g/mol. The third kappa shape index (κ3) is 5.27. The lowest BCUT2D eigenvalue weighted by Crippen LogP contribution is -2.27. The summed E-state index contributed by atoms with van der Waals surface area (Å²) in [4.78, 5) is 22.8. The summed E-state index contributed by atoms with van der Waals surface area (Å²) in [5, 5.41) is 21.6. The maximum absolute atomic E-state index is 11.6. The van der Waals surface area contributed by atoms with Crippen molar-refractivity contribution in [3.05, 3.63) is 23.8 Å². The van der Waals surface area contributed by atoms with Crippen LogP contribution in [-0.2, 0) is 16.0 Å². The summed E-state index contributed by atoms with van der Waals surface area (Å²) in [6.45, 7) is 8.42. The molecule has 0 bridgehead atoms. The number of ether oxygens (including phenoxy) is 1. The number of benzene rings is 1. The number of carbonyl (C=O) groups excluding carboxylic acids is 1. The van der Waals surface area contributed by atoms with Gasteiger partial charge in [0.1, 0.15) is 11.4 Å². The molecule has 0 spiro atoms. The number of carbonyl (C=O) groups is 2. The Kier molecular flexibility index (Phi) is 5.06. The summed E-state index contributed by atoms with van der Waals surface area (Å²) in [6.07, 6.45) is -0.438. The van der Waals surface area contributed by atoms with Crippen LogP contribution in [0, 0.1) is 5.41 Å². The normalized spacial score (nSPS) is 11.9. The zero-order valence-corrected chi connectivity index (χ0v) is 13.6. The highest BCUT2D eigenvalue weighted by molar-refractivity contribution is 5.85. The van der Waals surface area contributed by atoms with Gasteiger partial charge >= 0.3 is 12.1 Å². The van der Waals surface area contributed by atoms with Gasteiger partial charge in [0, 0.05) is 11.8 Å². The van der Waals surface area contributed by atoms with Crippen LogP contribution in [0.2, 0.25) is 0 Å². The van der Waals surface area contributed by atoms with E-state index in [2.05, 4.69) is 5.32 Å². The maximum atomic E-state index is 11.6. The Balaban J connectivity index is 2.82. The van der Waals surface area contributed by atoms with E-state index in [0.29, 0.717) is 11.3 Å². The lowest BCUT2D eigenvalue weighted by atomic mass is 9.85. The van der Waals surface area contributed by atoms with Gasteiger partial charge in [-0.2, -0.15) is 0 Å². The first-order chi connectivity index (χ1) is 9.90. The van der Waals surface area contributed by atoms with Gasteiger partial charge in [0.25, 0.3) is 0 Å². The Labute approximate surface area is 130 Å². The summed E-state index contributed by atoms with van der Waals surface area (Å²) < 4.78 is 5.11. The van der Waals surface area contributed by atoms with Crippen molar-refractivity contribution in [3.8, 4) is 5.75 Å². The van der Waals surface area contributed by atoms with Crippen molar-refractivity contribution < 1.29 is 24.5 Å². The highest BCUT2D eigenvalue weighted by atomic mass is 16.6. The summed E-state index contributed by atoms with van der Waals surface area (Å²) >= 11 is 0. The largest absolute Gasteiger partial charge is 0.508 e. The van der Waals surface area contributed by atoms with E-state index < -0.39 is 23.1 Å². The molecule has 0 radical (unpaired) electrons. The molecular formula is C16H23NO5. The third-order valence-electron chi connectivity index (χ3n) is 2.94. The molecule has 1 aromatic rings. The number of anilines is 1. The maximum Gasteiger partial charge on any atom is 0.412 e. The molecule has 0 aliphatic heterocycles. The van der Waals surface area contributed by atoms with Crippen LogP contribution in [0.3, 0.4) is 0 Å². The van der Waals surface area contributed by atoms with E-state index in [1.807, 2.05) is 0 Å². The molecule has 0 saturated carbocycles. The van der Waals surface area contributed by atoms with Crippen molar-refractivity contribution in [3.63, 3.8) is 0 Å². The van der Waals surface area contributed by atoms with Crippen LogP contribution in [0.1, 0.15) is 40.2 Å². The minimum atomic E-state index is -0.989. The molecule has 0 atom stereocenters. The van der Waals surface area contributed by atoms with E-state index in [0.717, 1.165) is 0 Å². The molecule has 0 unspecified atom stereocenters. The number of nitrogens with one attached hydrogen (secondary N) is 1. The first kappa shape index (κ1) is 17.8. The molecule has 6 heteroatoms. The fourth-order valence-corrected chi connectivity index (χ4v) is 1.76. The predicted octanol–water partition coefficient (Wildman–Crippen LogP) is 3.39. The SMILES string of the molecule is CC(C)(C)OC(=O)Nc1ccc(CC(C)(C)C(=O)O)c(O)c1. The molecule has 0 fully saturated rings. The number of phenols is 1. The van der Waals surface area contributed by atoms with Gasteiger partial charge < -0.3 is 14.9 Å². The van der Waals surface area contributed by atoms with Crippen molar-refractivity contribution in [2.24, 2.45) is 5.41 Å². The number of amides is 1. The highest BCUT2D eigenvalue weighted by Gasteiger charge is 2.28. The van der Waals surface area contributed by atoms with Crippen LogP contribution < -0.4 is 5.32 Å². The van der Waals surface area contributed by atoms with Crippen LogP contribution in [0.15, 0.2) is 18.2 Å². The van der Waals surface area contributed by atoms with Crippen molar-refractivity contribution in [1.82, 2.24) is 0 Å². The van der Waals surface area contributed by atoms with Crippen LogP contribution in [0.4, 0.5) is 10.5 Å². The van der Waals surface area contributed by atoms with E-state index in [9.17, 15) is 14.7 Å². The first-order valence-corrected chi connectivity index (χ1v) is 6.96. The number of hydrogen-bond donors (Lipinski definition) is 3. The number of hydrogen-bond acceptors (Lipinski definition) is 4. The van der Waals surface area contributed by atoms with Gasteiger partial charge in [0.2, 0.25) is 0 Å². The summed E-state index contributed by atoms with van der Waals surface area (Å²) in [7, 11) is 0. The minimum Gasteiger partial charge on any atom is -0.508 e. The first-order valence-electron chi connectivity index (χ1n) is 6.96. The second kappa shape index (κ2) is 6.25. The fraction of sp³-hybridized carbons (Fsp3) is 0.500. The summed E-state index contributed by atoms with van der Waals surface area (Å²) in [6, 6.07) is 4.56. The molecule has 1 amide bonds. The molecule has 0 aliphatic rings. The lowest BCUT2D eigenvalue weighted by molar-refractivity contribution is -0.146. The molecule has 6 nitrogen and oxygen atoms in total. The highest BCUT2D eigenvalue weighted by Crippen LogP contribution is 2.29. The topological polar surface area (TPSA) is 95.9 Å². The molecule has 22 heavy (non-hydrogen) atoms. The van der Waals surface area contributed by atoms with Gasteiger partial charge in [-0.05, 0) is 52.7 Å². The zero-order valence-electron chi connectivity index (χ0n) is 13.6. The quantitative estimate of drug-likeness (QED) is 0.792. The van der Waals surface area contributed by atoms with Crippen molar-refractivity contribution in [2.45, 2.75) is 46.6 Å². The Bertz CT molecular complexity index is 572. The van der Waals surface area contributed by atoms with Crippen molar-refractivity contribution in [1.29, 1.82) is 0 Å². The minimum absolute atomic E-state index is 0.0668. The Morgan fingerprint density at radius 3 is 2.23 bits per heavy atom. The Morgan fingerprint density at radius 1 is 1.18 bits per heavy atom. The van der Waals surface area contributed by atoms with E-state index >= 15 is 0 Å². The van der Waals surface area contributed by atoms with Crippen molar-refractivity contribution in [2.75, 3.05) is 5.32 Å². The van der Waals surface area contributed by atoms with E-state index in [-0.39, 0.29) is 12.2 Å². The van der Waals surface area contributed by atoms with Gasteiger partial charge in [0.05, 0.1) is 5.41 Å². The summed E-state index contributed by atoms with van der Waals surface area (Å²) in [5.41, 5.74) is -0.722. The number of aliphatic carboxylic acids is 1. The molecule has 1 rings (SSSR count). The van der Waals surface area contributed by atoms with Crippen LogP contribution in [-0.4, -0.2) is 27.9 Å². The monoisotopic (exact) mass is 309 g/mol. The molecule has 122 valence electrons. The molecule has 0 heterocycles. The third-order valence-corrected chi connectivity index (χ3v) is 2.94. The molecule has 0 aliphatic carbocycles. The second-order valence-electron chi connectivity index (χ2n) is 6.84. The average Bonchev–Trinajstić information content (AvgIpc) is 2.29. The van der Waals surface area contributed by atoms with Crippen molar-refractivity contribution >= 4 is 17.7 Å². The zero-order chi connectivity index (χ0) is 17.1. The van der Waals surface area contributed by atoms with E-state index in [4.69, 9.17) is 9.84 Å². The van der Waals surface area contributed by atoms with Gasteiger partial charge in [0.15, 0.2) is 0 Å². The molecule has 0 aromatic heterocycles. The summed E-state index contributed by atoms with van der Waals surface area (Å²) in [5.74, 6) is -1.01. The number of rotatable bonds is 4. The van der Waals surface area contributed by atoms with Gasteiger partial charge in [-0.1, -0.05) is 6.07 Å². The average molecular weight is 309 g/mol. The number of aromatic hydroxyl groups is 1. The van der Waals surface area contributed by atoms with Gasteiger partial charge in [-0.15, -0.1) is 0 Å².